The summed E-state index contributed by atoms with van der Waals surface area (Å²) >= 11 is 0. The van der Waals surface area contributed by atoms with Crippen LogP contribution in [-0.4, -0.2) is 23.3 Å². The van der Waals surface area contributed by atoms with Crippen molar-refractivity contribution in [3.05, 3.63) is 0 Å². The minimum atomic E-state index is -0.852. The molecule has 0 radical (unpaired) electrons. The number of hydrogen-bond donors (Lipinski definition) is 1. The van der Waals surface area contributed by atoms with Gasteiger partial charge in [-0.05, 0) is 33.6 Å². The Kier molecular flexibility index (Phi) is 5.29. The minimum absolute atomic E-state index is 0.105. The van der Waals surface area contributed by atoms with E-state index in [1.54, 1.807) is 20.8 Å². The molecule has 0 aliphatic rings. The lowest BCUT2D eigenvalue weighted by molar-refractivity contribution is -0.161. The summed E-state index contributed by atoms with van der Waals surface area (Å²) in [5.41, 5.74) is -1.35. The molecule has 0 bridgehead atoms. The fourth-order valence-electron chi connectivity index (χ4n) is 1.23. The highest BCUT2D eigenvalue weighted by Gasteiger charge is 2.29. The van der Waals surface area contributed by atoms with Crippen LogP contribution in [0.2, 0.25) is 0 Å². The third kappa shape index (κ3) is 5.17. The van der Waals surface area contributed by atoms with Crippen molar-refractivity contribution in [1.82, 2.24) is 0 Å². The Morgan fingerprint density at radius 1 is 1.27 bits per heavy atom. The van der Waals surface area contributed by atoms with E-state index in [-0.39, 0.29) is 12.6 Å². The molecule has 0 heterocycles. The monoisotopic (exact) mass is 216 g/mol. The van der Waals surface area contributed by atoms with Crippen LogP contribution in [0.3, 0.4) is 0 Å². The summed E-state index contributed by atoms with van der Waals surface area (Å²) in [6.45, 7) is 9.43. The first-order chi connectivity index (χ1) is 6.75. The van der Waals surface area contributed by atoms with Crippen LogP contribution < -0.4 is 0 Å². The summed E-state index contributed by atoms with van der Waals surface area (Å²) < 4.78 is 5.13. The van der Waals surface area contributed by atoms with Crippen molar-refractivity contribution in [3.8, 4) is 0 Å². The van der Waals surface area contributed by atoms with Crippen LogP contribution in [0.15, 0.2) is 0 Å². The van der Waals surface area contributed by atoms with E-state index in [4.69, 9.17) is 4.74 Å². The van der Waals surface area contributed by atoms with E-state index in [1.807, 2.05) is 13.8 Å². The molecular weight excluding hydrogens is 192 g/mol. The van der Waals surface area contributed by atoms with E-state index in [0.29, 0.717) is 12.8 Å². The van der Waals surface area contributed by atoms with Gasteiger partial charge in [-0.1, -0.05) is 20.3 Å². The number of ether oxygens (including phenoxy) is 1. The molecule has 0 unspecified atom stereocenters. The maximum absolute atomic E-state index is 11.5. The van der Waals surface area contributed by atoms with E-state index >= 15 is 0 Å². The maximum atomic E-state index is 11.5. The van der Waals surface area contributed by atoms with Crippen molar-refractivity contribution in [3.63, 3.8) is 0 Å². The molecule has 0 aliphatic carbocycles. The molecule has 3 heteroatoms. The van der Waals surface area contributed by atoms with Crippen molar-refractivity contribution in [2.24, 2.45) is 5.41 Å². The fourth-order valence-corrected chi connectivity index (χ4v) is 1.23. The average Bonchev–Trinajstić information content (AvgIpc) is 2.13. The molecule has 0 aromatic heterocycles. The highest BCUT2D eigenvalue weighted by molar-refractivity contribution is 5.75. The normalized spacial score (nSPS) is 15.9. The summed E-state index contributed by atoms with van der Waals surface area (Å²) in [5.74, 6) is -0.259. The number of carbonyl (C=O) groups is 1. The summed E-state index contributed by atoms with van der Waals surface area (Å²) in [4.78, 5) is 11.5. The van der Waals surface area contributed by atoms with Crippen molar-refractivity contribution >= 4 is 5.97 Å². The quantitative estimate of drug-likeness (QED) is 0.718. The highest BCUT2D eigenvalue weighted by atomic mass is 16.5. The number of aliphatic hydroxyl groups is 1. The van der Waals surface area contributed by atoms with Gasteiger partial charge >= 0.3 is 5.97 Å². The maximum Gasteiger partial charge on any atom is 0.311 e. The van der Waals surface area contributed by atoms with Crippen LogP contribution in [0.1, 0.15) is 53.9 Å². The van der Waals surface area contributed by atoms with Crippen LogP contribution in [-0.2, 0) is 9.53 Å². The standard InChI is InChI=1S/C12H24O3/c1-6-8-12(14,7-2)9-15-10(13)11(3,4)5/h14H,6-9H2,1-5H3/t12-/m1/s1. The summed E-state index contributed by atoms with van der Waals surface area (Å²) in [6, 6.07) is 0. The summed E-state index contributed by atoms with van der Waals surface area (Å²) in [6.07, 6.45) is 2.16. The number of rotatable bonds is 5. The van der Waals surface area contributed by atoms with E-state index in [9.17, 15) is 9.90 Å². The number of hydrogen-bond acceptors (Lipinski definition) is 3. The number of carbonyl (C=O) groups excluding carboxylic acids is 1. The molecule has 0 aliphatic heterocycles. The molecule has 0 aromatic rings. The molecule has 0 spiro atoms. The molecule has 1 N–H and O–H groups in total. The third-order valence-corrected chi connectivity index (χ3v) is 2.46. The molecule has 15 heavy (non-hydrogen) atoms. The first-order valence-corrected chi connectivity index (χ1v) is 5.65. The Hall–Kier alpha value is -0.570. The van der Waals surface area contributed by atoms with Gasteiger partial charge in [0, 0.05) is 0 Å². The molecule has 0 fully saturated rings. The zero-order valence-corrected chi connectivity index (χ0v) is 10.6. The molecule has 0 saturated heterocycles. The fraction of sp³-hybridized carbons (Fsp3) is 0.917. The molecule has 0 amide bonds. The first kappa shape index (κ1) is 14.4. The Bertz CT molecular complexity index is 205. The SMILES string of the molecule is CCC[C@](O)(CC)COC(=O)C(C)(C)C. The van der Waals surface area contributed by atoms with E-state index in [1.165, 1.54) is 0 Å². The lowest BCUT2D eigenvalue weighted by Crippen LogP contribution is -2.36. The van der Waals surface area contributed by atoms with Crippen LogP contribution in [0.25, 0.3) is 0 Å². The lowest BCUT2D eigenvalue weighted by Gasteiger charge is -2.27. The predicted octanol–water partition coefficient (Wildman–Crippen LogP) is 2.52. The Morgan fingerprint density at radius 2 is 1.80 bits per heavy atom. The average molecular weight is 216 g/mol. The van der Waals surface area contributed by atoms with E-state index in [2.05, 4.69) is 0 Å². The molecular formula is C12H24O3. The molecule has 3 nitrogen and oxygen atoms in total. The smallest absolute Gasteiger partial charge is 0.311 e. The van der Waals surface area contributed by atoms with Gasteiger partial charge in [0.1, 0.15) is 6.61 Å². The predicted molar refractivity (Wildman–Crippen MR) is 60.6 cm³/mol. The Morgan fingerprint density at radius 3 is 2.13 bits per heavy atom. The van der Waals surface area contributed by atoms with Crippen molar-refractivity contribution < 1.29 is 14.6 Å². The van der Waals surface area contributed by atoms with Gasteiger partial charge in [0.15, 0.2) is 0 Å². The second kappa shape index (κ2) is 5.50. The van der Waals surface area contributed by atoms with Gasteiger partial charge in [-0.2, -0.15) is 0 Å². The van der Waals surface area contributed by atoms with Gasteiger partial charge in [0.05, 0.1) is 11.0 Å². The number of esters is 1. The zero-order valence-electron chi connectivity index (χ0n) is 10.6. The second-order valence-corrected chi connectivity index (χ2v) is 5.15. The highest BCUT2D eigenvalue weighted by Crippen LogP contribution is 2.21. The van der Waals surface area contributed by atoms with E-state index in [0.717, 1.165) is 6.42 Å². The lowest BCUT2D eigenvalue weighted by atomic mass is 9.95. The topological polar surface area (TPSA) is 46.5 Å². The van der Waals surface area contributed by atoms with Crippen molar-refractivity contribution in [2.75, 3.05) is 6.61 Å². The summed E-state index contributed by atoms with van der Waals surface area (Å²) in [7, 11) is 0. The molecule has 0 rings (SSSR count). The van der Waals surface area contributed by atoms with Crippen LogP contribution >= 0.6 is 0 Å². The van der Waals surface area contributed by atoms with Gasteiger partial charge in [-0.15, -0.1) is 0 Å². The van der Waals surface area contributed by atoms with Gasteiger partial charge < -0.3 is 9.84 Å². The largest absolute Gasteiger partial charge is 0.462 e. The third-order valence-electron chi connectivity index (χ3n) is 2.46. The van der Waals surface area contributed by atoms with Gasteiger partial charge in [-0.3, -0.25) is 4.79 Å². The molecule has 1 atom stereocenters. The van der Waals surface area contributed by atoms with Crippen LogP contribution in [0.4, 0.5) is 0 Å². The van der Waals surface area contributed by atoms with Crippen LogP contribution in [0, 0.1) is 5.41 Å². The minimum Gasteiger partial charge on any atom is -0.462 e. The van der Waals surface area contributed by atoms with Gasteiger partial charge in [-0.25, -0.2) is 0 Å². The Balaban J connectivity index is 4.18. The first-order valence-electron chi connectivity index (χ1n) is 5.65. The van der Waals surface area contributed by atoms with Gasteiger partial charge in [0.2, 0.25) is 0 Å². The molecule has 90 valence electrons. The Labute approximate surface area is 92.8 Å². The zero-order chi connectivity index (χ0) is 12.1. The summed E-state index contributed by atoms with van der Waals surface area (Å²) in [5, 5.41) is 10.1. The molecule has 0 saturated carbocycles. The van der Waals surface area contributed by atoms with Crippen molar-refractivity contribution in [1.29, 1.82) is 0 Å². The van der Waals surface area contributed by atoms with E-state index < -0.39 is 11.0 Å². The van der Waals surface area contributed by atoms with Crippen molar-refractivity contribution in [2.45, 2.75) is 59.5 Å². The molecule has 0 aromatic carbocycles. The van der Waals surface area contributed by atoms with Gasteiger partial charge in [0.25, 0.3) is 0 Å². The second-order valence-electron chi connectivity index (χ2n) is 5.15. The van der Waals surface area contributed by atoms with Crippen LogP contribution in [0.5, 0.6) is 0 Å².